The number of piperidine rings is 1. The van der Waals surface area contributed by atoms with E-state index in [0.29, 0.717) is 25.5 Å². The molecule has 2 atom stereocenters. The van der Waals surface area contributed by atoms with Crippen molar-refractivity contribution in [2.75, 3.05) is 32.8 Å². The maximum atomic E-state index is 12.6. The lowest BCUT2D eigenvalue weighted by atomic mass is 9.95. The number of nitrogens with zero attached hydrogens (tertiary/aromatic N) is 2. The number of halogens is 4. The third-order valence-corrected chi connectivity index (χ3v) is 4.72. The zero-order valence-electron chi connectivity index (χ0n) is 17.4. The molecule has 0 saturated carbocycles. The number of primary amides is 1. The monoisotopic (exact) mass is 558 g/mol. The van der Waals surface area contributed by atoms with Crippen LogP contribution in [0.1, 0.15) is 31.7 Å². The zero-order chi connectivity index (χ0) is 22.1. The summed E-state index contributed by atoms with van der Waals surface area (Å²) in [5.74, 6) is 0.733. The van der Waals surface area contributed by atoms with Gasteiger partial charge in [-0.15, -0.1) is 24.0 Å². The summed E-state index contributed by atoms with van der Waals surface area (Å²) >= 11 is 0. The number of nitrogens with one attached hydrogen (secondary N) is 1. The average molecular weight is 558 g/mol. The lowest BCUT2D eigenvalue weighted by Crippen LogP contribution is -2.47. The van der Waals surface area contributed by atoms with Crippen molar-refractivity contribution in [1.29, 1.82) is 0 Å². The molecule has 1 aromatic carbocycles. The van der Waals surface area contributed by atoms with E-state index in [0.717, 1.165) is 31.5 Å². The maximum Gasteiger partial charge on any atom is 0.416 e. The summed E-state index contributed by atoms with van der Waals surface area (Å²) < 4.78 is 43.1. The Morgan fingerprint density at radius 3 is 2.65 bits per heavy atom. The fourth-order valence-corrected chi connectivity index (χ4v) is 3.31. The molecule has 1 amide bonds. The van der Waals surface area contributed by atoms with Gasteiger partial charge in [-0.05, 0) is 49.9 Å². The first-order chi connectivity index (χ1) is 14.2. The van der Waals surface area contributed by atoms with Gasteiger partial charge in [0.2, 0.25) is 5.91 Å². The summed E-state index contributed by atoms with van der Waals surface area (Å²) in [6.07, 6.45) is -3.14. The van der Waals surface area contributed by atoms with Crippen molar-refractivity contribution in [2.45, 2.75) is 38.5 Å². The van der Waals surface area contributed by atoms with Crippen LogP contribution in [0.3, 0.4) is 0 Å². The van der Waals surface area contributed by atoms with Crippen molar-refractivity contribution < 1.29 is 27.8 Å². The highest BCUT2D eigenvalue weighted by atomic mass is 127. The predicted octanol–water partition coefficient (Wildman–Crippen LogP) is 2.62. The number of aliphatic hydroxyl groups is 1. The molecule has 0 aliphatic carbocycles. The van der Waals surface area contributed by atoms with Gasteiger partial charge in [0.25, 0.3) is 0 Å². The highest BCUT2D eigenvalue weighted by Gasteiger charge is 2.30. The minimum Gasteiger partial charge on any atom is -0.491 e. The van der Waals surface area contributed by atoms with Crippen LogP contribution in [0.2, 0.25) is 0 Å². The summed E-state index contributed by atoms with van der Waals surface area (Å²) in [4.78, 5) is 17.7. The van der Waals surface area contributed by atoms with Gasteiger partial charge in [-0.1, -0.05) is 0 Å². The number of aliphatic imine (C=N–C) groups is 1. The largest absolute Gasteiger partial charge is 0.491 e. The summed E-state index contributed by atoms with van der Waals surface area (Å²) in [7, 11) is 0. The van der Waals surface area contributed by atoms with E-state index in [4.69, 9.17) is 10.5 Å². The van der Waals surface area contributed by atoms with Gasteiger partial charge in [0, 0.05) is 26.1 Å². The van der Waals surface area contributed by atoms with Gasteiger partial charge in [0.15, 0.2) is 5.96 Å². The number of carbonyl (C=O) groups excluding carboxylic acids is 1. The molecule has 1 aliphatic rings. The number of likely N-dealkylation sites (tertiary alicyclic amines) is 1. The lowest BCUT2D eigenvalue weighted by Gasteiger charge is -2.34. The minimum absolute atomic E-state index is 0. The number of ether oxygens (including phenoxy) is 1. The number of hydrogen-bond acceptors (Lipinski definition) is 4. The second kappa shape index (κ2) is 12.9. The molecule has 4 N–H and O–H groups in total. The van der Waals surface area contributed by atoms with Crippen LogP contribution in [0.4, 0.5) is 13.2 Å². The quantitative estimate of drug-likeness (QED) is 0.259. The zero-order valence-corrected chi connectivity index (χ0v) is 19.7. The second-order valence-electron chi connectivity index (χ2n) is 7.31. The Kier molecular flexibility index (Phi) is 11.4. The first kappa shape index (κ1) is 27.3. The number of carbonyl (C=O) groups is 1. The van der Waals surface area contributed by atoms with E-state index in [2.05, 4.69) is 10.3 Å². The third-order valence-electron chi connectivity index (χ3n) is 4.72. The van der Waals surface area contributed by atoms with E-state index < -0.39 is 17.8 Å². The van der Waals surface area contributed by atoms with E-state index in [1.54, 1.807) is 0 Å². The van der Waals surface area contributed by atoms with Crippen LogP contribution in [0, 0.1) is 5.92 Å². The van der Waals surface area contributed by atoms with E-state index in [1.165, 1.54) is 12.1 Å². The van der Waals surface area contributed by atoms with Crippen molar-refractivity contribution in [2.24, 2.45) is 16.6 Å². The van der Waals surface area contributed by atoms with Crippen molar-refractivity contribution in [3.8, 4) is 5.75 Å². The van der Waals surface area contributed by atoms with Gasteiger partial charge in [-0.2, -0.15) is 13.2 Å². The molecule has 1 fully saturated rings. The number of guanidine groups is 1. The topological polar surface area (TPSA) is 100 Å². The average Bonchev–Trinajstić information content (AvgIpc) is 2.69. The van der Waals surface area contributed by atoms with Crippen molar-refractivity contribution in [3.63, 3.8) is 0 Å². The molecule has 0 spiro atoms. The molecule has 7 nitrogen and oxygen atoms in total. The highest BCUT2D eigenvalue weighted by Crippen LogP contribution is 2.30. The molecule has 176 valence electrons. The van der Waals surface area contributed by atoms with Gasteiger partial charge >= 0.3 is 6.18 Å². The third kappa shape index (κ3) is 9.50. The van der Waals surface area contributed by atoms with Gasteiger partial charge < -0.3 is 25.8 Å². The Bertz CT molecular complexity index is 717. The number of hydrogen-bond donors (Lipinski definition) is 3. The molecule has 31 heavy (non-hydrogen) atoms. The van der Waals surface area contributed by atoms with Crippen LogP contribution in [0.5, 0.6) is 5.75 Å². The van der Waals surface area contributed by atoms with Crippen LogP contribution in [-0.4, -0.2) is 60.8 Å². The normalized spacial score (nSPS) is 18.2. The number of amides is 1. The fourth-order valence-electron chi connectivity index (χ4n) is 3.31. The molecule has 1 heterocycles. The van der Waals surface area contributed by atoms with Crippen LogP contribution < -0.4 is 15.8 Å². The molecule has 2 rings (SSSR count). The van der Waals surface area contributed by atoms with Crippen molar-refractivity contribution >= 4 is 35.8 Å². The fraction of sp³-hybridized carbons (Fsp3) is 0.600. The van der Waals surface area contributed by atoms with E-state index in [1.807, 2.05) is 11.8 Å². The van der Waals surface area contributed by atoms with Crippen molar-refractivity contribution in [3.05, 3.63) is 29.8 Å². The van der Waals surface area contributed by atoms with E-state index in [-0.39, 0.29) is 54.7 Å². The van der Waals surface area contributed by atoms with Crippen LogP contribution in [0.25, 0.3) is 0 Å². The highest BCUT2D eigenvalue weighted by molar-refractivity contribution is 14.0. The van der Waals surface area contributed by atoms with Gasteiger partial charge in [-0.25, -0.2) is 0 Å². The summed E-state index contributed by atoms with van der Waals surface area (Å²) in [6, 6.07) is 4.30. The van der Waals surface area contributed by atoms with Crippen LogP contribution in [-0.2, 0) is 11.0 Å². The Morgan fingerprint density at radius 2 is 2.06 bits per heavy atom. The molecule has 1 saturated heterocycles. The molecule has 0 bridgehead atoms. The summed E-state index contributed by atoms with van der Waals surface area (Å²) in [6.45, 7) is 4.00. The first-order valence-corrected chi connectivity index (χ1v) is 9.98. The molecule has 0 radical (unpaired) electrons. The summed E-state index contributed by atoms with van der Waals surface area (Å²) in [5.41, 5.74) is 4.55. The van der Waals surface area contributed by atoms with E-state index in [9.17, 15) is 23.1 Å². The Morgan fingerprint density at radius 1 is 1.39 bits per heavy atom. The number of benzene rings is 1. The summed E-state index contributed by atoms with van der Waals surface area (Å²) in [5, 5.41) is 13.3. The Labute approximate surface area is 197 Å². The Hall–Kier alpha value is -1.76. The number of nitrogens with two attached hydrogens (primary N) is 1. The Balaban J connectivity index is 0.00000480. The smallest absolute Gasteiger partial charge is 0.416 e. The molecular formula is C20H30F3IN4O3. The van der Waals surface area contributed by atoms with E-state index >= 15 is 0 Å². The van der Waals surface area contributed by atoms with Gasteiger partial charge in [0.05, 0.1) is 12.1 Å². The standard InChI is InChI=1S/C20H29F3N4O3.HI/c1-2-25-19(27-9-3-4-14(12-27)10-18(24)29)26-11-16(28)13-30-17-7-5-15(6-8-17)20(21,22)23;/h5-8,14,16,28H,2-4,9-13H2,1H3,(H2,24,29)(H,25,26);1H. The molecule has 11 heteroatoms. The minimum atomic E-state index is -4.40. The van der Waals surface area contributed by atoms with Crippen molar-refractivity contribution in [1.82, 2.24) is 10.2 Å². The molecule has 1 aromatic rings. The number of aliphatic hydroxyl groups excluding tert-OH is 1. The van der Waals surface area contributed by atoms with Crippen LogP contribution >= 0.6 is 24.0 Å². The number of alkyl halides is 3. The predicted molar refractivity (Wildman–Crippen MR) is 122 cm³/mol. The second-order valence-corrected chi connectivity index (χ2v) is 7.31. The van der Waals surface area contributed by atoms with Gasteiger partial charge in [0.1, 0.15) is 18.5 Å². The number of rotatable bonds is 8. The lowest BCUT2D eigenvalue weighted by molar-refractivity contribution is -0.137. The van der Waals surface area contributed by atoms with Gasteiger partial charge in [-0.3, -0.25) is 9.79 Å². The first-order valence-electron chi connectivity index (χ1n) is 9.98. The maximum absolute atomic E-state index is 12.6. The molecular weight excluding hydrogens is 528 g/mol. The molecule has 1 aliphatic heterocycles. The SMILES string of the molecule is CCNC(=NCC(O)COc1ccc(C(F)(F)F)cc1)N1CCCC(CC(N)=O)C1.I. The molecule has 0 aromatic heterocycles. The molecule has 2 unspecified atom stereocenters. The van der Waals surface area contributed by atoms with Crippen LogP contribution in [0.15, 0.2) is 29.3 Å².